The van der Waals surface area contributed by atoms with Gasteiger partial charge < -0.3 is 9.84 Å². The lowest BCUT2D eigenvalue weighted by atomic mass is 9.70. The minimum absolute atomic E-state index is 0.0327. The summed E-state index contributed by atoms with van der Waals surface area (Å²) in [4.78, 5) is 21.4. The average molecular weight is 370 g/mol. The van der Waals surface area contributed by atoms with E-state index in [0.717, 1.165) is 23.4 Å². The minimum Gasteiger partial charge on any atom is -0.385 e. The van der Waals surface area contributed by atoms with Crippen molar-refractivity contribution in [3.63, 3.8) is 0 Å². The molecule has 27 heavy (non-hydrogen) atoms. The van der Waals surface area contributed by atoms with E-state index in [2.05, 4.69) is 11.9 Å². The number of carbonyl (C=O) groups is 1. The van der Waals surface area contributed by atoms with Gasteiger partial charge in [0.15, 0.2) is 0 Å². The van der Waals surface area contributed by atoms with Gasteiger partial charge in [-0.25, -0.2) is 0 Å². The van der Waals surface area contributed by atoms with Crippen LogP contribution in [0.1, 0.15) is 25.3 Å². The number of fused-ring (bicyclic) bond motifs is 2. The molecule has 6 heteroatoms. The summed E-state index contributed by atoms with van der Waals surface area (Å²) in [5.41, 5.74) is 1.05. The normalized spacial score (nSPS) is 42.1. The van der Waals surface area contributed by atoms with E-state index in [1.807, 2.05) is 37.3 Å². The molecule has 4 bridgehead atoms. The molecule has 0 unspecified atom stereocenters. The maximum absolute atomic E-state index is 13.7. The lowest BCUT2D eigenvalue weighted by molar-refractivity contribution is -0.157. The minimum atomic E-state index is -0.909. The Morgan fingerprint density at radius 2 is 2.11 bits per heavy atom. The second-order valence-corrected chi connectivity index (χ2v) is 8.33. The number of anilines is 1. The number of carbonyl (C=O) groups excluding carboxylic acids is 1. The van der Waals surface area contributed by atoms with Crippen LogP contribution in [-0.2, 0) is 19.8 Å². The number of amides is 1. The topological polar surface area (TPSA) is 62.2 Å². The van der Waals surface area contributed by atoms with Gasteiger partial charge in [0, 0.05) is 24.9 Å². The average Bonchev–Trinajstić information content (AvgIpc) is 2.77. The second kappa shape index (κ2) is 5.64. The number of para-hydroxylation sites is 1. The summed E-state index contributed by atoms with van der Waals surface area (Å²) >= 11 is 0. The first-order chi connectivity index (χ1) is 13.0. The summed E-state index contributed by atoms with van der Waals surface area (Å²) in [6, 6.07) is 7.89. The lowest BCUT2D eigenvalue weighted by Gasteiger charge is -2.51. The molecule has 1 amide bonds. The van der Waals surface area contributed by atoms with E-state index in [0.29, 0.717) is 19.4 Å². The monoisotopic (exact) mass is 370 g/mol. The van der Waals surface area contributed by atoms with Crippen LogP contribution in [-0.4, -0.2) is 61.0 Å². The molecule has 144 valence electrons. The molecule has 6 nitrogen and oxygen atoms in total. The molecule has 0 radical (unpaired) electrons. The van der Waals surface area contributed by atoms with Gasteiger partial charge in [-0.05, 0) is 37.6 Å². The summed E-state index contributed by atoms with van der Waals surface area (Å²) in [5.74, 6) is -0.113. The van der Waals surface area contributed by atoms with E-state index in [-0.39, 0.29) is 24.0 Å². The predicted octanol–water partition coefficient (Wildman–Crippen LogP) is 1.63. The molecule has 1 aliphatic carbocycles. The van der Waals surface area contributed by atoms with Crippen molar-refractivity contribution < 1.29 is 19.5 Å². The molecule has 1 N–H and O–H groups in total. The number of hydrogen-bond donors (Lipinski definition) is 1. The number of hydroxylamine groups is 1. The van der Waals surface area contributed by atoms with Gasteiger partial charge in [-0.2, -0.15) is 5.06 Å². The van der Waals surface area contributed by atoms with Crippen LogP contribution in [0, 0.1) is 5.92 Å². The predicted molar refractivity (Wildman–Crippen MR) is 100 cm³/mol. The van der Waals surface area contributed by atoms with Crippen LogP contribution in [0.5, 0.6) is 0 Å². The van der Waals surface area contributed by atoms with Crippen molar-refractivity contribution in [1.82, 2.24) is 4.90 Å². The molecular formula is C21H26N2O4. The number of likely N-dealkylation sites (tertiary alicyclic amines) is 1. The number of nitrogens with zero attached hydrogens (tertiary/aromatic N) is 2. The van der Waals surface area contributed by atoms with Crippen molar-refractivity contribution in [3.05, 3.63) is 41.5 Å². The number of rotatable bonds is 1. The fourth-order valence-electron chi connectivity index (χ4n) is 6.02. The van der Waals surface area contributed by atoms with Crippen LogP contribution in [0.4, 0.5) is 5.69 Å². The van der Waals surface area contributed by atoms with Gasteiger partial charge in [0.2, 0.25) is 0 Å². The van der Waals surface area contributed by atoms with Crippen molar-refractivity contribution in [1.29, 1.82) is 0 Å². The molecule has 4 aliphatic heterocycles. The quantitative estimate of drug-likeness (QED) is 0.762. The standard InChI is InChI=1S/C21H26N2O4/c1-4-13-11-22(2)17-9-20(18-10-21(13,25)15(17)12-27-18)14-7-5-6-8-16(14)23(26-3)19(20)24/h4-8,15,17-18,25H,9-12H2,1-3H3/b13-4-/t15-,17+,18-,20+,21-/m1/s1. The number of hydrogen-bond acceptors (Lipinski definition) is 5. The van der Waals surface area contributed by atoms with Crippen LogP contribution in [0.15, 0.2) is 35.9 Å². The van der Waals surface area contributed by atoms with E-state index in [1.54, 1.807) is 0 Å². The SMILES string of the molecule is C/C=C1/CN(C)[C@H]2C[C@@]3(C(=O)N(OC)c4ccccc43)[C@H]3C[C@]1(O)[C@@H]2CO3. The Kier molecular flexibility index (Phi) is 3.63. The molecule has 1 saturated carbocycles. The zero-order valence-electron chi connectivity index (χ0n) is 16.0. The number of ether oxygens (including phenoxy) is 1. The van der Waals surface area contributed by atoms with Crippen molar-refractivity contribution >= 4 is 11.6 Å². The highest BCUT2D eigenvalue weighted by Crippen LogP contribution is 2.58. The molecule has 4 heterocycles. The molecule has 5 aliphatic rings. The van der Waals surface area contributed by atoms with Gasteiger partial charge in [-0.1, -0.05) is 24.3 Å². The van der Waals surface area contributed by atoms with Gasteiger partial charge in [-0.3, -0.25) is 14.5 Å². The van der Waals surface area contributed by atoms with Crippen molar-refractivity contribution in [2.45, 2.75) is 42.9 Å². The van der Waals surface area contributed by atoms with E-state index >= 15 is 0 Å². The van der Waals surface area contributed by atoms with Crippen LogP contribution >= 0.6 is 0 Å². The fourth-order valence-corrected chi connectivity index (χ4v) is 6.02. The molecule has 1 aromatic rings. The first kappa shape index (κ1) is 17.4. The zero-order chi connectivity index (χ0) is 19.0. The van der Waals surface area contributed by atoms with Crippen LogP contribution in [0.3, 0.4) is 0 Å². The molecule has 0 aromatic heterocycles. The zero-order valence-corrected chi connectivity index (χ0v) is 16.0. The van der Waals surface area contributed by atoms with Gasteiger partial charge in [0.25, 0.3) is 5.91 Å². The highest BCUT2D eigenvalue weighted by molar-refractivity contribution is 6.07. The van der Waals surface area contributed by atoms with Crippen LogP contribution in [0.2, 0.25) is 0 Å². The maximum Gasteiger partial charge on any atom is 0.264 e. The van der Waals surface area contributed by atoms with E-state index in [1.165, 1.54) is 12.2 Å². The van der Waals surface area contributed by atoms with E-state index < -0.39 is 11.0 Å². The summed E-state index contributed by atoms with van der Waals surface area (Å²) in [6.07, 6.45) is 2.73. The number of piperidine rings is 1. The van der Waals surface area contributed by atoms with Gasteiger partial charge in [-0.15, -0.1) is 0 Å². The Morgan fingerprint density at radius 1 is 1.33 bits per heavy atom. The third-order valence-corrected chi connectivity index (χ3v) is 7.37. The first-order valence-electron chi connectivity index (χ1n) is 9.65. The molecule has 1 spiro atoms. The molecule has 1 aromatic carbocycles. The van der Waals surface area contributed by atoms with Crippen molar-refractivity contribution in [2.75, 3.05) is 32.4 Å². The number of aliphatic hydroxyl groups is 1. The third kappa shape index (κ3) is 1.96. The Balaban J connectivity index is 1.73. The highest BCUT2D eigenvalue weighted by Gasteiger charge is 2.67. The smallest absolute Gasteiger partial charge is 0.264 e. The lowest BCUT2D eigenvalue weighted by Crippen LogP contribution is -2.61. The first-order valence-corrected chi connectivity index (χ1v) is 9.65. The molecule has 5 atom stereocenters. The third-order valence-electron chi connectivity index (χ3n) is 7.37. The second-order valence-electron chi connectivity index (χ2n) is 8.33. The van der Waals surface area contributed by atoms with Crippen LogP contribution in [0.25, 0.3) is 0 Å². The largest absolute Gasteiger partial charge is 0.385 e. The molecule has 3 saturated heterocycles. The van der Waals surface area contributed by atoms with E-state index in [9.17, 15) is 9.90 Å². The summed E-state index contributed by atoms with van der Waals surface area (Å²) in [6.45, 7) is 3.18. The Morgan fingerprint density at radius 3 is 2.85 bits per heavy atom. The number of benzene rings is 1. The van der Waals surface area contributed by atoms with E-state index in [4.69, 9.17) is 9.57 Å². The maximum atomic E-state index is 13.7. The van der Waals surface area contributed by atoms with Crippen molar-refractivity contribution in [2.24, 2.45) is 5.92 Å². The van der Waals surface area contributed by atoms with Crippen LogP contribution < -0.4 is 5.06 Å². The Hall–Kier alpha value is -1.73. The molecular weight excluding hydrogens is 344 g/mol. The van der Waals surface area contributed by atoms with Gasteiger partial charge in [0.05, 0.1) is 31.1 Å². The summed E-state index contributed by atoms with van der Waals surface area (Å²) in [7, 11) is 3.61. The van der Waals surface area contributed by atoms with Gasteiger partial charge in [0.1, 0.15) is 5.41 Å². The molecule has 4 fully saturated rings. The Labute approximate surface area is 159 Å². The highest BCUT2D eigenvalue weighted by atomic mass is 16.7. The Bertz CT molecular complexity index is 839. The summed E-state index contributed by atoms with van der Waals surface area (Å²) < 4.78 is 6.29. The number of likely N-dealkylation sites (N-methyl/N-ethyl adjacent to an activating group) is 1. The van der Waals surface area contributed by atoms with Crippen molar-refractivity contribution in [3.8, 4) is 0 Å². The fraction of sp³-hybridized carbons (Fsp3) is 0.571. The molecule has 6 rings (SSSR count). The summed E-state index contributed by atoms with van der Waals surface area (Å²) in [5, 5.41) is 13.1. The van der Waals surface area contributed by atoms with Gasteiger partial charge >= 0.3 is 0 Å². The number of allylic oxidation sites excluding steroid dienone is 1.